The van der Waals surface area contributed by atoms with E-state index in [0.29, 0.717) is 6.61 Å². The van der Waals surface area contributed by atoms with Crippen molar-refractivity contribution in [2.24, 2.45) is 11.3 Å². The Hall–Kier alpha value is -0.0800. The third kappa shape index (κ3) is 2.76. The average molecular weight is 171 g/mol. The lowest BCUT2D eigenvalue weighted by Crippen LogP contribution is -2.29. The van der Waals surface area contributed by atoms with Crippen LogP contribution < -0.4 is 5.32 Å². The van der Waals surface area contributed by atoms with Crippen molar-refractivity contribution in [1.82, 2.24) is 5.32 Å². The van der Waals surface area contributed by atoms with E-state index in [1.165, 1.54) is 19.3 Å². The van der Waals surface area contributed by atoms with Gasteiger partial charge >= 0.3 is 0 Å². The van der Waals surface area contributed by atoms with Crippen LogP contribution in [0.4, 0.5) is 0 Å². The zero-order valence-electron chi connectivity index (χ0n) is 8.27. The summed E-state index contributed by atoms with van der Waals surface area (Å²) >= 11 is 0. The van der Waals surface area contributed by atoms with E-state index in [0.717, 1.165) is 19.0 Å². The SMILES string of the molecule is CCC(C)CNCC1(CO)CC1. The molecule has 2 heteroatoms. The van der Waals surface area contributed by atoms with Crippen LogP contribution in [0.25, 0.3) is 0 Å². The molecule has 0 radical (unpaired) electrons. The lowest BCUT2D eigenvalue weighted by molar-refractivity contribution is 0.206. The van der Waals surface area contributed by atoms with E-state index in [-0.39, 0.29) is 5.41 Å². The average Bonchev–Trinajstić information content (AvgIpc) is 2.85. The Balaban J connectivity index is 2.02. The molecule has 1 fully saturated rings. The van der Waals surface area contributed by atoms with Crippen LogP contribution in [0.3, 0.4) is 0 Å². The number of aliphatic hydroxyl groups excluding tert-OH is 1. The smallest absolute Gasteiger partial charge is 0.0499 e. The Morgan fingerprint density at radius 2 is 2.17 bits per heavy atom. The number of nitrogens with one attached hydrogen (secondary N) is 1. The van der Waals surface area contributed by atoms with Gasteiger partial charge in [0, 0.05) is 18.6 Å². The van der Waals surface area contributed by atoms with Crippen molar-refractivity contribution in [2.75, 3.05) is 19.7 Å². The summed E-state index contributed by atoms with van der Waals surface area (Å²) in [5.41, 5.74) is 0.271. The molecule has 1 aliphatic rings. The van der Waals surface area contributed by atoms with Crippen molar-refractivity contribution in [3.8, 4) is 0 Å². The molecule has 0 aliphatic heterocycles. The second-order valence-corrected chi connectivity index (χ2v) is 4.30. The summed E-state index contributed by atoms with van der Waals surface area (Å²) in [5.74, 6) is 0.763. The lowest BCUT2D eigenvalue weighted by atomic mass is 10.1. The standard InChI is InChI=1S/C10H21NO/c1-3-9(2)6-11-7-10(8-12)4-5-10/h9,11-12H,3-8H2,1-2H3. The first-order chi connectivity index (χ1) is 5.72. The molecule has 2 nitrogen and oxygen atoms in total. The van der Waals surface area contributed by atoms with E-state index < -0.39 is 0 Å². The van der Waals surface area contributed by atoms with Gasteiger partial charge in [-0.25, -0.2) is 0 Å². The third-order valence-corrected chi connectivity index (χ3v) is 2.98. The van der Waals surface area contributed by atoms with Gasteiger partial charge in [0.25, 0.3) is 0 Å². The van der Waals surface area contributed by atoms with Gasteiger partial charge in [0.1, 0.15) is 0 Å². The van der Waals surface area contributed by atoms with Gasteiger partial charge in [-0.05, 0) is 25.3 Å². The summed E-state index contributed by atoms with van der Waals surface area (Å²) in [6, 6.07) is 0. The van der Waals surface area contributed by atoms with Crippen molar-refractivity contribution >= 4 is 0 Å². The second-order valence-electron chi connectivity index (χ2n) is 4.30. The molecule has 0 aromatic carbocycles. The Morgan fingerprint density at radius 1 is 1.50 bits per heavy atom. The normalized spacial score (nSPS) is 22.2. The van der Waals surface area contributed by atoms with Gasteiger partial charge in [-0.1, -0.05) is 20.3 Å². The predicted molar refractivity (Wildman–Crippen MR) is 51.1 cm³/mol. The molecular weight excluding hydrogens is 150 g/mol. The van der Waals surface area contributed by atoms with Crippen molar-refractivity contribution in [3.05, 3.63) is 0 Å². The molecule has 0 saturated heterocycles. The van der Waals surface area contributed by atoms with Gasteiger partial charge < -0.3 is 10.4 Å². The number of rotatable bonds is 6. The molecule has 1 aliphatic carbocycles. The number of hydrogen-bond acceptors (Lipinski definition) is 2. The van der Waals surface area contributed by atoms with Crippen LogP contribution in [0.2, 0.25) is 0 Å². The maximum Gasteiger partial charge on any atom is 0.0499 e. The highest BCUT2D eigenvalue weighted by molar-refractivity contribution is 4.94. The van der Waals surface area contributed by atoms with Crippen LogP contribution >= 0.6 is 0 Å². The molecule has 0 amide bonds. The lowest BCUT2D eigenvalue weighted by Gasteiger charge is -2.15. The van der Waals surface area contributed by atoms with Crippen LogP contribution in [0, 0.1) is 11.3 Å². The Bertz CT molecular complexity index is 132. The molecule has 72 valence electrons. The fraction of sp³-hybridized carbons (Fsp3) is 1.00. The Labute approximate surface area is 75.4 Å². The highest BCUT2D eigenvalue weighted by Crippen LogP contribution is 2.44. The minimum absolute atomic E-state index is 0.271. The Kier molecular flexibility index (Phi) is 3.53. The van der Waals surface area contributed by atoms with Gasteiger partial charge in [-0.3, -0.25) is 0 Å². The topological polar surface area (TPSA) is 32.3 Å². The highest BCUT2D eigenvalue weighted by Gasteiger charge is 2.41. The zero-order chi connectivity index (χ0) is 9.03. The largest absolute Gasteiger partial charge is 0.396 e. The van der Waals surface area contributed by atoms with Crippen LogP contribution in [-0.4, -0.2) is 24.8 Å². The molecule has 1 rings (SSSR count). The van der Waals surface area contributed by atoms with Crippen LogP contribution in [0.1, 0.15) is 33.1 Å². The van der Waals surface area contributed by atoms with Crippen molar-refractivity contribution < 1.29 is 5.11 Å². The van der Waals surface area contributed by atoms with E-state index in [1.807, 2.05) is 0 Å². The van der Waals surface area contributed by atoms with Gasteiger partial charge in [0.2, 0.25) is 0 Å². The summed E-state index contributed by atoms with van der Waals surface area (Å²) < 4.78 is 0. The molecule has 1 atom stereocenters. The van der Waals surface area contributed by atoms with Gasteiger partial charge in [0.15, 0.2) is 0 Å². The highest BCUT2D eigenvalue weighted by atomic mass is 16.3. The van der Waals surface area contributed by atoms with Gasteiger partial charge in [-0.15, -0.1) is 0 Å². The number of aliphatic hydroxyl groups is 1. The monoisotopic (exact) mass is 171 g/mol. The minimum Gasteiger partial charge on any atom is -0.396 e. The van der Waals surface area contributed by atoms with Crippen LogP contribution in [-0.2, 0) is 0 Å². The summed E-state index contributed by atoms with van der Waals surface area (Å²) in [6.07, 6.45) is 3.65. The van der Waals surface area contributed by atoms with Crippen molar-refractivity contribution in [1.29, 1.82) is 0 Å². The molecule has 0 aromatic heterocycles. The molecule has 0 spiro atoms. The van der Waals surface area contributed by atoms with Gasteiger partial charge in [0.05, 0.1) is 0 Å². The van der Waals surface area contributed by atoms with E-state index in [4.69, 9.17) is 5.11 Å². The fourth-order valence-electron chi connectivity index (χ4n) is 1.30. The molecule has 2 N–H and O–H groups in total. The summed E-state index contributed by atoms with van der Waals surface area (Å²) in [5, 5.41) is 12.5. The molecule has 1 unspecified atom stereocenters. The predicted octanol–water partition coefficient (Wildman–Crippen LogP) is 1.39. The molecule has 1 saturated carbocycles. The van der Waals surface area contributed by atoms with E-state index in [2.05, 4.69) is 19.2 Å². The molecule has 0 heterocycles. The second kappa shape index (κ2) is 4.24. The third-order valence-electron chi connectivity index (χ3n) is 2.98. The summed E-state index contributed by atoms with van der Waals surface area (Å²) in [6.45, 7) is 6.93. The van der Waals surface area contributed by atoms with Crippen molar-refractivity contribution in [3.63, 3.8) is 0 Å². The zero-order valence-corrected chi connectivity index (χ0v) is 8.27. The van der Waals surface area contributed by atoms with Crippen LogP contribution in [0.5, 0.6) is 0 Å². The van der Waals surface area contributed by atoms with Crippen LogP contribution in [0.15, 0.2) is 0 Å². The molecule has 0 bridgehead atoms. The van der Waals surface area contributed by atoms with E-state index in [9.17, 15) is 0 Å². The number of hydrogen-bond donors (Lipinski definition) is 2. The first kappa shape index (κ1) is 10.0. The maximum atomic E-state index is 9.04. The Morgan fingerprint density at radius 3 is 2.58 bits per heavy atom. The van der Waals surface area contributed by atoms with Gasteiger partial charge in [-0.2, -0.15) is 0 Å². The maximum absolute atomic E-state index is 9.04. The van der Waals surface area contributed by atoms with E-state index >= 15 is 0 Å². The first-order valence-electron chi connectivity index (χ1n) is 5.04. The van der Waals surface area contributed by atoms with Crippen molar-refractivity contribution in [2.45, 2.75) is 33.1 Å². The first-order valence-corrected chi connectivity index (χ1v) is 5.04. The molecule has 0 aromatic rings. The fourth-order valence-corrected chi connectivity index (χ4v) is 1.30. The summed E-state index contributed by atoms with van der Waals surface area (Å²) in [4.78, 5) is 0. The molecule has 12 heavy (non-hydrogen) atoms. The molecular formula is C10H21NO. The van der Waals surface area contributed by atoms with E-state index in [1.54, 1.807) is 0 Å². The minimum atomic E-state index is 0.271. The summed E-state index contributed by atoms with van der Waals surface area (Å²) in [7, 11) is 0. The quantitative estimate of drug-likeness (QED) is 0.633.